The normalized spacial score (nSPS) is 11.4. The Kier molecular flexibility index (Phi) is 8.89. The second kappa shape index (κ2) is 11.2. The molecule has 1 N–H and O–H groups in total. The number of rotatable bonds is 10. The van der Waals surface area contributed by atoms with Gasteiger partial charge in [0.2, 0.25) is 5.91 Å². The van der Waals surface area contributed by atoms with Gasteiger partial charge < -0.3 is 14.6 Å². The number of carbonyl (C=O) groups excluding carboxylic acids is 2. The Hall–Kier alpha value is -2.35. The highest BCUT2D eigenvalue weighted by Gasteiger charge is 2.17. The van der Waals surface area contributed by atoms with Gasteiger partial charge in [-0.2, -0.15) is 0 Å². The van der Waals surface area contributed by atoms with Gasteiger partial charge in [-0.15, -0.1) is 10.2 Å². The first-order valence-corrected chi connectivity index (χ1v) is 11.3. The van der Waals surface area contributed by atoms with Crippen LogP contribution in [0.4, 0.5) is 0 Å². The van der Waals surface area contributed by atoms with Gasteiger partial charge in [0.1, 0.15) is 0 Å². The molecule has 0 saturated carbocycles. The van der Waals surface area contributed by atoms with Crippen molar-refractivity contribution >= 4 is 23.6 Å². The number of esters is 1. The quantitative estimate of drug-likeness (QED) is 0.349. The fourth-order valence-electron chi connectivity index (χ4n) is 2.89. The molecule has 0 saturated heterocycles. The summed E-state index contributed by atoms with van der Waals surface area (Å²) in [6.07, 6.45) is 0.873. The molecule has 0 aliphatic carbocycles. The molecule has 2 aromatic rings. The van der Waals surface area contributed by atoms with Gasteiger partial charge in [-0.05, 0) is 31.2 Å². The third-order valence-corrected chi connectivity index (χ3v) is 5.53. The van der Waals surface area contributed by atoms with E-state index >= 15 is 0 Å². The maximum Gasteiger partial charge on any atom is 0.305 e. The standard InChI is InChI=1S/C22H32N4O3S/c1-6-26-20(16-10-12-17(13-11-16)22(3,4)5)24-25-21(26)30-15-18(27)23-14-8-9-19(28)29-7-2/h10-13H,6-9,14-15H2,1-5H3,(H,23,27). The highest BCUT2D eigenvalue weighted by molar-refractivity contribution is 7.99. The predicted octanol–water partition coefficient (Wildman–Crippen LogP) is 3.81. The fraction of sp³-hybridized carbons (Fsp3) is 0.545. The van der Waals surface area contributed by atoms with Crippen molar-refractivity contribution in [2.75, 3.05) is 18.9 Å². The smallest absolute Gasteiger partial charge is 0.305 e. The van der Waals surface area contributed by atoms with Crippen LogP contribution in [0.3, 0.4) is 0 Å². The second-order valence-corrected chi connectivity index (χ2v) is 8.87. The molecule has 0 fully saturated rings. The summed E-state index contributed by atoms with van der Waals surface area (Å²) in [7, 11) is 0. The first-order chi connectivity index (χ1) is 14.3. The summed E-state index contributed by atoms with van der Waals surface area (Å²) in [6, 6.07) is 8.39. The molecule has 164 valence electrons. The van der Waals surface area contributed by atoms with Crippen LogP contribution in [0.2, 0.25) is 0 Å². The van der Waals surface area contributed by atoms with Crippen LogP contribution in [-0.2, 0) is 26.3 Å². The lowest BCUT2D eigenvalue weighted by atomic mass is 9.87. The van der Waals surface area contributed by atoms with E-state index in [0.717, 1.165) is 11.4 Å². The molecule has 0 bridgehead atoms. The zero-order chi connectivity index (χ0) is 22.1. The Labute approximate surface area is 183 Å². The Balaban J connectivity index is 1.91. The van der Waals surface area contributed by atoms with Crippen molar-refractivity contribution in [1.82, 2.24) is 20.1 Å². The largest absolute Gasteiger partial charge is 0.466 e. The number of nitrogens with zero attached hydrogens (tertiary/aromatic N) is 3. The molecule has 1 aromatic heterocycles. The monoisotopic (exact) mass is 432 g/mol. The molecule has 1 aromatic carbocycles. The molecule has 30 heavy (non-hydrogen) atoms. The average Bonchev–Trinajstić information content (AvgIpc) is 3.12. The summed E-state index contributed by atoms with van der Waals surface area (Å²) in [5, 5.41) is 12.2. The van der Waals surface area contributed by atoms with Crippen molar-refractivity contribution in [2.45, 2.75) is 64.6 Å². The zero-order valence-corrected chi connectivity index (χ0v) is 19.3. The average molecular weight is 433 g/mol. The van der Waals surface area contributed by atoms with Gasteiger partial charge in [-0.1, -0.05) is 56.8 Å². The number of thioether (sulfide) groups is 1. The summed E-state index contributed by atoms with van der Waals surface area (Å²) >= 11 is 1.36. The van der Waals surface area contributed by atoms with Crippen LogP contribution in [0.25, 0.3) is 11.4 Å². The number of nitrogens with one attached hydrogen (secondary N) is 1. The molecule has 2 rings (SSSR count). The van der Waals surface area contributed by atoms with Crippen LogP contribution in [0, 0.1) is 0 Å². The molecular formula is C22H32N4O3S. The van der Waals surface area contributed by atoms with E-state index in [4.69, 9.17) is 4.74 Å². The van der Waals surface area contributed by atoms with E-state index < -0.39 is 0 Å². The van der Waals surface area contributed by atoms with Gasteiger partial charge in [0.25, 0.3) is 0 Å². The molecule has 0 aliphatic rings. The van der Waals surface area contributed by atoms with Gasteiger partial charge >= 0.3 is 5.97 Å². The summed E-state index contributed by atoms with van der Waals surface area (Å²) in [5.41, 5.74) is 2.37. The minimum absolute atomic E-state index is 0.0920. The lowest BCUT2D eigenvalue weighted by molar-refractivity contribution is -0.143. The molecule has 0 radical (unpaired) electrons. The summed E-state index contributed by atoms with van der Waals surface area (Å²) in [4.78, 5) is 23.4. The van der Waals surface area contributed by atoms with Crippen molar-refractivity contribution in [3.05, 3.63) is 29.8 Å². The topological polar surface area (TPSA) is 86.1 Å². The number of benzene rings is 1. The van der Waals surface area contributed by atoms with Crippen molar-refractivity contribution in [1.29, 1.82) is 0 Å². The van der Waals surface area contributed by atoms with E-state index in [0.29, 0.717) is 37.7 Å². The van der Waals surface area contributed by atoms with E-state index in [1.807, 2.05) is 11.5 Å². The Morgan fingerprint density at radius 3 is 2.43 bits per heavy atom. The first-order valence-electron chi connectivity index (χ1n) is 10.4. The third kappa shape index (κ3) is 6.86. The van der Waals surface area contributed by atoms with Gasteiger partial charge in [0, 0.05) is 25.1 Å². The SMILES string of the molecule is CCOC(=O)CCCNC(=O)CSc1nnc(-c2ccc(C(C)(C)C)cc2)n1CC. The fourth-order valence-corrected chi connectivity index (χ4v) is 3.72. The molecule has 0 spiro atoms. The molecule has 1 amide bonds. The van der Waals surface area contributed by atoms with Crippen molar-refractivity contribution < 1.29 is 14.3 Å². The third-order valence-electron chi connectivity index (χ3n) is 4.56. The molecule has 0 aliphatic heterocycles. The van der Waals surface area contributed by atoms with Gasteiger partial charge in [-0.3, -0.25) is 9.59 Å². The number of amides is 1. The van der Waals surface area contributed by atoms with E-state index in [2.05, 4.69) is 60.6 Å². The summed E-state index contributed by atoms with van der Waals surface area (Å²) < 4.78 is 6.89. The number of hydrogen-bond acceptors (Lipinski definition) is 6. The Morgan fingerprint density at radius 2 is 1.83 bits per heavy atom. The van der Waals surface area contributed by atoms with Crippen LogP contribution in [0.15, 0.2) is 29.4 Å². The maximum atomic E-state index is 12.1. The highest BCUT2D eigenvalue weighted by Crippen LogP contribution is 2.27. The number of aromatic nitrogens is 3. The van der Waals surface area contributed by atoms with E-state index in [-0.39, 0.29) is 23.0 Å². The first kappa shape index (κ1) is 23.9. The number of hydrogen-bond donors (Lipinski definition) is 1. The highest BCUT2D eigenvalue weighted by atomic mass is 32.2. The minimum Gasteiger partial charge on any atom is -0.466 e. The molecule has 8 heteroatoms. The van der Waals surface area contributed by atoms with Crippen molar-refractivity contribution in [2.24, 2.45) is 0 Å². The molecular weight excluding hydrogens is 400 g/mol. The lowest BCUT2D eigenvalue weighted by Crippen LogP contribution is -2.26. The van der Waals surface area contributed by atoms with Gasteiger partial charge in [0.05, 0.1) is 12.4 Å². The predicted molar refractivity (Wildman–Crippen MR) is 119 cm³/mol. The second-order valence-electron chi connectivity index (χ2n) is 7.92. The Bertz CT molecular complexity index is 841. The van der Waals surface area contributed by atoms with Crippen LogP contribution in [-0.4, -0.2) is 45.5 Å². The molecule has 0 atom stereocenters. The van der Waals surface area contributed by atoms with Crippen molar-refractivity contribution in [3.63, 3.8) is 0 Å². The lowest BCUT2D eigenvalue weighted by Gasteiger charge is -2.19. The van der Waals surface area contributed by atoms with Crippen LogP contribution in [0.1, 0.15) is 53.0 Å². The summed E-state index contributed by atoms with van der Waals surface area (Å²) in [6.45, 7) is 11.9. The van der Waals surface area contributed by atoms with Crippen LogP contribution >= 0.6 is 11.8 Å². The Morgan fingerprint density at radius 1 is 1.13 bits per heavy atom. The van der Waals surface area contributed by atoms with E-state index in [9.17, 15) is 9.59 Å². The number of carbonyl (C=O) groups is 2. The van der Waals surface area contributed by atoms with Crippen molar-refractivity contribution in [3.8, 4) is 11.4 Å². The van der Waals surface area contributed by atoms with E-state index in [1.54, 1.807) is 6.92 Å². The van der Waals surface area contributed by atoms with Crippen LogP contribution < -0.4 is 5.32 Å². The maximum absolute atomic E-state index is 12.1. The molecule has 0 unspecified atom stereocenters. The zero-order valence-electron chi connectivity index (χ0n) is 18.5. The van der Waals surface area contributed by atoms with E-state index in [1.165, 1.54) is 17.3 Å². The molecule has 1 heterocycles. The van der Waals surface area contributed by atoms with Gasteiger partial charge in [0.15, 0.2) is 11.0 Å². The van der Waals surface area contributed by atoms with Gasteiger partial charge in [-0.25, -0.2) is 0 Å². The summed E-state index contributed by atoms with van der Waals surface area (Å²) in [5.74, 6) is 0.724. The molecule has 7 nitrogen and oxygen atoms in total. The number of ether oxygens (including phenoxy) is 1. The van der Waals surface area contributed by atoms with Crippen LogP contribution in [0.5, 0.6) is 0 Å². The minimum atomic E-state index is -0.236.